The van der Waals surface area contributed by atoms with Crippen molar-refractivity contribution in [3.8, 4) is 0 Å². The number of amides is 2. The van der Waals surface area contributed by atoms with Crippen LogP contribution in [0.2, 0.25) is 0 Å². The van der Waals surface area contributed by atoms with Crippen LogP contribution in [0.25, 0.3) is 0 Å². The molecule has 0 fully saturated rings. The largest absolute Gasteiger partial charge is 0.476 e. The number of nitrogens with one attached hydrogen (secondary N) is 2. The fourth-order valence-electron chi connectivity index (χ4n) is 2.50. The number of hydrogen-bond donors (Lipinski definition) is 3. The third kappa shape index (κ3) is 3.75. The van der Waals surface area contributed by atoms with Crippen molar-refractivity contribution in [2.75, 3.05) is 10.6 Å². The number of carbonyl (C=O) groups is 3. The van der Waals surface area contributed by atoms with E-state index in [1.54, 1.807) is 18.8 Å². The minimum atomic E-state index is -1.18. The van der Waals surface area contributed by atoms with E-state index >= 15 is 0 Å². The topological polar surface area (TPSA) is 149 Å². The maximum Gasteiger partial charge on any atom is 0.356 e. The van der Waals surface area contributed by atoms with Crippen LogP contribution < -0.4 is 10.6 Å². The van der Waals surface area contributed by atoms with Crippen molar-refractivity contribution in [3.63, 3.8) is 0 Å². The Morgan fingerprint density at radius 2 is 1.75 bits per heavy atom. The van der Waals surface area contributed by atoms with Gasteiger partial charge < -0.3 is 15.7 Å². The molecule has 0 atom stereocenters. The van der Waals surface area contributed by atoms with E-state index in [0.29, 0.717) is 5.69 Å². The maximum atomic E-state index is 12.7. The molecule has 12 nitrogen and oxygen atoms in total. The zero-order valence-corrected chi connectivity index (χ0v) is 15.4. The monoisotopic (exact) mass is 386 g/mol. The van der Waals surface area contributed by atoms with Crippen LogP contribution in [0, 0.1) is 6.92 Å². The molecule has 0 bridgehead atoms. The number of aryl methyl sites for hydroxylation is 2. The van der Waals surface area contributed by atoms with Crippen LogP contribution in [0.3, 0.4) is 0 Å². The predicted octanol–water partition coefficient (Wildman–Crippen LogP) is 0.248. The number of carboxylic acid groups (broad SMARTS) is 1. The van der Waals surface area contributed by atoms with Crippen LogP contribution in [0.1, 0.15) is 26.7 Å². The van der Waals surface area contributed by atoms with Gasteiger partial charge in [-0.3, -0.25) is 23.6 Å². The second kappa shape index (κ2) is 7.34. The molecular weight excluding hydrogens is 368 g/mol. The molecule has 0 aromatic carbocycles. The number of carboxylic acids is 1. The lowest BCUT2D eigenvalue weighted by Gasteiger charge is -2.09. The molecule has 3 rings (SSSR count). The molecule has 0 saturated heterocycles. The molecule has 146 valence electrons. The summed E-state index contributed by atoms with van der Waals surface area (Å²) in [6, 6.07) is 1.29. The Bertz CT molecular complexity index is 1060. The van der Waals surface area contributed by atoms with E-state index in [0.717, 1.165) is 5.69 Å². The van der Waals surface area contributed by atoms with Gasteiger partial charge in [0.15, 0.2) is 5.69 Å². The van der Waals surface area contributed by atoms with E-state index in [2.05, 4.69) is 25.9 Å². The van der Waals surface area contributed by atoms with Crippen molar-refractivity contribution in [2.45, 2.75) is 13.5 Å². The van der Waals surface area contributed by atoms with Crippen LogP contribution in [0.5, 0.6) is 0 Å². The number of carbonyl (C=O) groups excluding carboxylic acids is 2. The molecule has 0 unspecified atom stereocenters. The summed E-state index contributed by atoms with van der Waals surface area (Å²) in [5.41, 5.74) is 1.53. The van der Waals surface area contributed by atoms with Gasteiger partial charge in [0.2, 0.25) is 5.91 Å². The standard InChI is InChI=1S/C16H18N8O4/c1-9-11(6-17-22(9)2)20-15(26)14-12(7-18-23(14)3)19-13(25)8-24-5-4-10(21-24)16(27)28/h4-7H,8H2,1-3H3,(H,19,25)(H,20,26)(H,27,28). The van der Waals surface area contributed by atoms with E-state index in [1.807, 2.05) is 6.92 Å². The molecule has 3 N–H and O–H groups in total. The summed E-state index contributed by atoms with van der Waals surface area (Å²) in [5, 5.41) is 26.0. The van der Waals surface area contributed by atoms with Crippen molar-refractivity contribution < 1.29 is 19.5 Å². The zero-order chi connectivity index (χ0) is 20.4. The van der Waals surface area contributed by atoms with Crippen molar-refractivity contribution in [1.29, 1.82) is 0 Å². The number of nitrogens with zero attached hydrogens (tertiary/aromatic N) is 6. The van der Waals surface area contributed by atoms with Crippen LogP contribution in [0.15, 0.2) is 24.7 Å². The van der Waals surface area contributed by atoms with Gasteiger partial charge >= 0.3 is 5.97 Å². The molecule has 0 aliphatic carbocycles. The van der Waals surface area contributed by atoms with Gasteiger partial charge in [-0.15, -0.1) is 0 Å². The smallest absolute Gasteiger partial charge is 0.356 e. The first kappa shape index (κ1) is 18.8. The first-order valence-corrected chi connectivity index (χ1v) is 8.14. The zero-order valence-electron chi connectivity index (χ0n) is 15.4. The summed E-state index contributed by atoms with van der Waals surface area (Å²) in [6.45, 7) is 1.59. The third-order valence-corrected chi connectivity index (χ3v) is 4.08. The number of aromatic carboxylic acids is 1. The molecule has 0 saturated carbocycles. The number of aromatic nitrogens is 6. The molecule has 3 aromatic heterocycles. The highest BCUT2D eigenvalue weighted by Crippen LogP contribution is 2.18. The highest BCUT2D eigenvalue weighted by molar-refractivity contribution is 6.09. The fraction of sp³-hybridized carbons (Fsp3) is 0.250. The molecule has 0 aliphatic rings. The number of hydrogen-bond acceptors (Lipinski definition) is 6. The minimum absolute atomic E-state index is 0.156. The van der Waals surface area contributed by atoms with Gasteiger partial charge in [-0.05, 0) is 13.0 Å². The molecule has 3 aromatic rings. The average Bonchev–Trinajstić information content (AvgIpc) is 3.31. The van der Waals surface area contributed by atoms with Crippen LogP contribution in [0.4, 0.5) is 11.4 Å². The van der Waals surface area contributed by atoms with E-state index in [1.165, 1.54) is 34.0 Å². The van der Waals surface area contributed by atoms with Crippen molar-refractivity contribution >= 4 is 29.2 Å². The first-order valence-electron chi connectivity index (χ1n) is 8.14. The molecule has 0 radical (unpaired) electrons. The number of rotatable bonds is 6. The summed E-state index contributed by atoms with van der Waals surface area (Å²) in [6.07, 6.45) is 4.26. The lowest BCUT2D eigenvalue weighted by Crippen LogP contribution is -2.23. The highest BCUT2D eigenvalue weighted by atomic mass is 16.4. The maximum absolute atomic E-state index is 12.7. The summed E-state index contributed by atoms with van der Waals surface area (Å²) < 4.78 is 4.15. The van der Waals surface area contributed by atoms with Crippen molar-refractivity contribution in [2.24, 2.45) is 14.1 Å². The Kier molecular flexibility index (Phi) is 4.94. The normalized spacial score (nSPS) is 10.7. The van der Waals surface area contributed by atoms with E-state index in [-0.39, 0.29) is 23.6 Å². The Balaban J connectivity index is 1.72. The molecule has 0 spiro atoms. The summed E-state index contributed by atoms with van der Waals surface area (Å²) in [4.78, 5) is 35.8. The second-order valence-corrected chi connectivity index (χ2v) is 6.00. The van der Waals surface area contributed by atoms with Gasteiger partial charge in [0, 0.05) is 20.3 Å². The van der Waals surface area contributed by atoms with Crippen LogP contribution in [-0.2, 0) is 25.4 Å². The van der Waals surface area contributed by atoms with Crippen LogP contribution in [-0.4, -0.2) is 52.2 Å². The van der Waals surface area contributed by atoms with E-state index < -0.39 is 17.8 Å². The lowest BCUT2D eigenvalue weighted by molar-refractivity contribution is -0.116. The Morgan fingerprint density at radius 1 is 1.07 bits per heavy atom. The van der Waals surface area contributed by atoms with Gasteiger partial charge in [0.1, 0.15) is 12.2 Å². The molecular formula is C16H18N8O4. The van der Waals surface area contributed by atoms with E-state index in [9.17, 15) is 14.4 Å². The van der Waals surface area contributed by atoms with E-state index in [4.69, 9.17) is 5.11 Å². The summed E-state index contributed by atoms with van der Waals surface area (Å²) in [5.74, 6) is -2.13. The molecule has 12 heteroatoms. The SMILES string of the molecule is Cc1c(NC(=O)c2c(NC(=O)Cn3ccc(C(=O)O)n3)cnn2C)cnn1C. The predicted molar refractivity (Wildman–Crippen MR) is 96.9 cm³/mol. The van der Waals surface area contributed by atoms with Crippen LogP contribution >= 0.6 is 0 Å². The van der Waals surface area contributed by atoms with Gasteiger partial charge in [0.05, 0.1) is 29.5 Å². The number of anilines is 2. The molecule has 2 amide bonds. The molecule has 28 heavy (non-hydrogen) atoms. The summed E-state index contributed by atoms with van der Waals surface area (Å²) >= 11 is 0. The quantitative estimate of drug-likeness (QED) is 0.549. The molecule has 3 heterocycles. The minimum Gasteiger partial charge on any atom is -0.476 e. The van der Waals surface area contributed by atoms with Crippen molar-refractivity contribution in [3.05, 3.63) is 41.7 Å². The van der Waals surface area contributed by atoms with Crippen molar-refractivity contribution in [1.82, 2.24) is 29.3 Å². The first-order chi connectivity index (χ1) is 13.3. The van der Waals surface area contributed by atoms with Gasteiger partial charge in [-0.1, -0.05) is 0 Å². The molecule has 0 aliphatic heterocycles. The highest BCUT2D eigenvalue weighted by Gasteiger charge is 2.20. The van der Waals surface area contributed by atoms with Gasteiger partial charge in [-0.25, -0.2) is 4.79 Å². The fourth-order valence-corrected chi connectivity index (χ4v) is 2.50. The van der Waals surface area contributed by atoms with Gasteiger partial charge in [-0.2, -0.15) is 15.3 Å². The Labute approximate surface area is 158 Å². The van der Waals surface area contributed by atoms with Gasteiger partial charge in [0.25, 0.3) is 5.91 Å². The summed E-state index contributed by atoms with van der Waals surface area (Å²) in [7, 11) is 3.33. The average molecular weight is 386 g/mol. The Morgan fingerprint density at radius 3 is 2.36 bits per heavy atom. The third-order valence-electron chi connectivity index (χ3n) is 4.08. The Hall–Kier alpha value is -3.96. The lowest BCUT2D eigenvalue weighted by atomic mass is 10.3. The second-order valence-electron chi connectivity index (χ2n) is 6.00.